The van der Waals surface area contributed by atoms with Crippen LogP contribution in [0.2, 0.25) is 0 Å². The van der Waals surface area contributed by atoms with Crippen LogP contribution in [0.4, 0.5) is 14.5 Å². The molecule has 2 aromatic carbocycles. The predicted octanol–water partition coefficient (Wildman–Crippen LogP) is 3.62. The number of carbonyl (C=O) groups excluding carboxylic acids is 1. The monoisotopic (exact) mass is 398 g/mol. The first-order valence-electron chi connectivity index (χ1n) is 7.96. The summed E-state index contributed by atoms with van der Waals surface area (Å²) in [6.45, 7) is 2.26. The standard InChI is InChI=1S/C18H20F2N2O4S/c1-18(2,3)22-27(24,25)15-10-4-12(5-11-15)16(23)21-13-6-8-14(9-7-13)26-17(19)20/h4-11,17,22H,1-3H3,(H,21,23). The number of carbonyl (C=O) groups is 1. The summed E-state index contributed by atoms with van der Waals surface area (Å²) in [6.07, 6.45) is 0. The number of benzene rings is 2. The molecule has 6 nitrogen and oxygen atoms in total. The van der Waals surface area contributed by atoms with Crippen LogP contribution >= 0.6 is 0 Å². The third-order valence-electron chi connectivity index (χ3n) is 3.20. The van der Waals surface area contributed by atoms with E-state index in [1.807, 2.05) is 0 Å². The van der Waals surface area contributed by atoms with Crippen LogP contribution in [0.5, 0.6) is 5.75 Å². The van der Waals surface area contributed by atoms with Crippen molar-refractivity contribution in [3.05, 3.63) is 54.1 Å². The summed E-state index contributed by atoms with van der Waals surface area (Å²) < 4.78 is 55.5. The Morgan fingerprint density at radius 2 is 1.56 bits per heavy atom. The molecule has 2 rings (SSSR count). The van der Waals surface area contributed by atoms with Gasteiger partial charge < -0.3 is 10.1 Å². The van der Waals surface area contributed by atoms with E-state index in [0.717, 1.165) is 0 Å². The van der Waals surface area contributed by atoms with Crippen molar-refractivity contribution in [2.24, 2.45) is 0 Å². The molecule has 0 atom stereocenters. The van der Waals surface area contributed by atoms with Crippen molar-refractivity contribution >= 4 is 21.6 Å². The van der Waals surface area contributed by atoms with Gasteiger partial charge in [-0.25, -0.2) is 13.1 Å². The molecule has 0 aromatic heterocycles. The molecule has 1 amide bonds. The molecule has 27 heavy (non-hydrogen) atoms. The van der Waals surface area contributed by atoms with Crippen molar-refractivity contribution in [2.75, 3.05) is 5.32 Å². The second-order valence-electron chi connectivity index (χ2n) is 6.74. The molecule has 0 bridgehead atoms. The van der Waals surface area contributed by atoms with Crippen molar-refractivity contribution in [3.63, 3.8) is 0 Å². The lowest BCUT2D eigenvalue weighted by Crippen LogP contribution is -2.40. The number of anilines is 1. The lowest BCUT2D eigenvalue weighted by molar-refractivity contribution is -0.0498. The Morgan fingerprint density at radius 1 is 1.00 bits per heavy atom. The van der Waals surface area contributed by atoms with Gasteiger partial charge in [-0.3, -0.25) is 4.79 Å². The second-order valence-corrected chi connectivity index (χ2v) is 8.42. The van der Waals surface area contributed by atoms with Crippen molar-refractivity contribution < 1.29 is 26.7 Å². The Kier molecular flexibility index (Phi) is 6.17. The minimum atomic E-state index is -3.69. The van der Waals surface area contributed by atoms with E-state index < -0.39 is 28.1 Å². The van der Waals surface area contributed by atoms with Gasteiger partial charge in [-0.15, -0.1) is 0 Å². The van der Waals surface area contributed by atoms with Crippen LogP contribution in [-0.2, 0) is 10.0 Å². The van der Waals surface area contributed by atoms with E-state index >= 15 is 0 Å². The van der Waals surface area contributed by atoms with Crippen LogP contribution in [0.3, 0.4) is 0 Å². The highest BCUT2D eigenvalue weighted by Gasteiger charge is 2.22. The van der Waals surface area contributed by atoms with Gasteiger partial charge in [0.25, 0.3) is 5.91 Å². The summed E-state index contributed by atoms with van der Waals surface area (Å²) in [7, 11) is -3.69. The molecule has 146 valence electrons. The molecular formula is C18H20F2N2O4S. The highest BCUT2D eigenvalue weighted by Crippen LogP contribution is 2.19. The largest absolute Gasteiger partial charge is 0.435 e. The molecule has 0 unspecified atom stereocenters. The summed E-state index contributed by atoms with van der Waals surface area (Å²) in [5, 5.41) is 2.59. The number of rotatable bonds is 6. The molecule has 0 aliphatic carbocycles. The first-order chi connectivity index (χ1) is 12.5. The number of halogens is 2. The Morgan fingerprint density at radius 3 is 2.04 bits per heavy atom. The third kappa shape index (κ3) is 6.30. The zero-order valence-corrected chi connectivity index (χ0v) is 15.8. The fourth-order valence-corrected chi connectivity index (χ4v) is 3.59. The summed E-state index contributed by atoms with van der Waals surface area (Å²) in [5.74, 6) is -0.492. The molecule has 0 saturated carbocycles. The van der Waals surface area contributed by atoms with Crippen molar-refractivity contribution in [3.8, 4) is 5.75 Å². The van der Waals surface area contributed by atoms with Crippen molar-refractivity contribution in [1.29, 1.82) is 0 Å². The molecular weight excluding hydrogens is 378 g/mol. The SMILES string of the molecule is CC(C)(C)NS(=O)(=O)c1ccc(C(=O)Nc2ccc(OC(F)F)cc2)cc1. The second kappa shape index (κ2) is 8.01. The molecule has 0 saturated heterocycles. The maximum absolute atomic E-state index is 12.3. The molecule has 0 aliphatic heterocycles. The number of ether oxygens (including phenoxy) is 1. The zero-order chi connectivity index (χ0) is 20.2. The van der Waals surface area contributed by atoms with E-state index in [-0.39, 0.29) is 16.2 Å². The van der Waals surface area contributed by atoms with Gasteiger partial charge in [0.1, 0.15) is 5.75 Å². The first-order valence-corrected chi connectivity index (χ1v) is 9.45. The molecule has 2 aromatic rings. The van der Waals surface area contributed by atoms with Gasteiger partial charge in [-0.2, -0.15) is 8.78 Å². The Balaban J connectivity index is 2.07. The Labute approximate surface area is 156 Å². The number of hydrogen-bond donors (Lipinski definition) is 2. The van der Waals surface area contributed by atoms with Crippen LogP contribution in [-0.4, -0.2) is 26.5 Å². The van der Waals surface area contributed by atoms with Gasteiger partial charge in [-0.05, 0) is 69.3 Å². The van der Waals surface area contributed by atoms with Gasteiger partial charge >= 0.3 is 6.61 Å². The molecule has 0 radical (unpaired) electrons. The molecule has 2 N–H and O–H groups in total. The summed E-state index contributed by atoms with van der Waals surface area (Å²) in [4.78, 5) is 12.3. The maximum Gasteiger partial charge on any atom is 0.387 e. The normalized spacial score (nSPS) is 12.1. The van der Waals surface area contributed by atoms with E-state index in [1.54, 1.807) is 20.8 Å². The topological polar surface area (TPSA) is 84.5 Å². The van der Waals surface area contributed by atoms with Gasteiger partial charge in [0, 0.05) is 16.8 Å². The predicted molar refractivity (Wildman–Crippen MR) is 97.5 cm³/mol. The van der Waals surface area contributed by atoms with E-state index in [9.17, 15) is 22.0 Å². The quantitative estimate of drug-likeness (QED) is 0.778. The maximum atomic E-state index is 12.3. The van der Waals surface area contributed by atoms with Crippen molar-refractivity contribution in [1.82, 2.24) is 4.72 Å². The van der Waals surface area contributed by atoms with E-state index in [2.05, 4.69) is 14.8 Å². The Hall–Kier alpha value is -2.52. The molecule has 0 aliphatic rings. The van der Waals surface area contributed by atoms with Gasteiger partial charge in [0.15, 0.2) is 0 Å². The van der Waals surface area contributed by atoms with Gasteiger partial charge in [0.2, 0.25) is 10.0 Å². The minimum absolute atomic E-state index is 0.0242. The summed E-state index contributed by atoms with van der Waals surface area (Å²) in [5.41, 5.74) is 0.0000498. The fourth-order valence-electron chi connectivity index (χ4n) is 2.17. The van der Waals surface area contributed by atoms with Gasteiger partial charge in [-0.1, -0.05) is 0 Å². The molecule has 0 spiro atoms. The average Bonchev–Trinajstić information content (AvgIpc) is 2.54. The van der Waals surface area contributed by atoms with Gasteiger partial charge in [0.05, 0.1) is 4.90 Å². The van der Waals surface area contributed by atoms with Crippen molar-refractivity contribution in [2.45, 2.75) is 37.8 Å². The number of alkyl halides is 2. The highest BCUT2D eigenvalue weighted by atomic mass is 32.2. The third-order valence-corrected chi connectivity index (χ3v) is 4.98. The number of nitrogens with one attached hydrogen (secondary N) is 2. The summed E-state index contributed by atoms with van der Waals surface area (Å²) >= 11 is 0. The van der Waals surface area contributed by atoms with E-state index in [4.69, 9.17) is 0 Å². The molecule has 9 heteroatoms. The fraction of sp³-hybridized carbons (Fsp3) is 0.278. The lowest BCUT2D eigenvalue weighted by atomic mass is 10.1. The van der Waals surface area contributed by atoms with Crippen LogP contribution in [0, 0.1) is 0 Å². The number of hydrogen-bond acceptors (Lipinski definition) is 4. The van der Waals surface area contributed by atoms with Crippen LogP contribution < -0.4 is 14.8 Å². The molecule has 0 fully saturated rings. The Bertz CT molecular complexity index is 890. The highest BCUT2D eigenvalue weighted by molar-refractivity contribution is 7.89. The smallest absolute Gasteiger partial charge is 0.387 e. The number of sulfonamides is 1. The van der Waals surface area contributed by atoms with E-state index in [0.29, 0.717) is 5.69 Å². The van der Waals surface area contributed by atoms with Crippen LogP contribution in [0.1, 0.15) is 31.1 Å². The van der Waals surface area contributed by atoms with Crippen LogP contribution in [0.25, 0.3) is 0 Å². The average molecular weight is 398 g/mol. The molecule has 0 heterocycles. The van der Waals surface area contributed by atoms with Crippen LogP contribution in [0.15, 0.2) is 53.4 Å². The lowest BCUT2D eigenvalue weighted by Gasteiger charge is -2.20. The number of amides is 1. The summed E-state index contributed by atoms with van der Waals surface area (Å²) in [6, 6.07) is 10.9. The zero-order valence-electron chi connectivity index (χ0n) is 15.0. The van der Waals surface area contributed by atoms with E-state index in [1.165, 1.54) is 48.5 Å². The minimum Gasteiger partial charge on any atom is -0.435 e. The first kappa shape index (κ1) is 20.8.